The summed E-state index contributed by atoms with van der Waals surface area (Å²) in [4.78, 5) is 15.7. The van der Waals surface area contributed by atoms with Gasteiger partial charge in [0.25, 0.3) is 5.91 Å². The van der Waals surface area contributed by atoms with E-state index in [1.807, 2.05) is 6.07 Å². The summed E-state index contributed by atoms with van der Waals surface area (Å²) in [7, 11) is 0. The number of pyridine rings is 1. The Bertz CT molecular complexity index is 558. The van der Waals surface area contributed by atoms with Gasteiger partial charge in [-0.1, -0.05) is 11.6 Å². The molecule has 0 saturated heterocycles. The molecule has 1 aromatic carbocycles. The second-order valence-corrected chi connectivity index (χ2v) is 5.20. The summed E-state index contributed by atoms with van der Waals surface area (Å²) in [6, 6.07) is 10.4. The van der Waals surface area contributed by atoms with E-state index in [0.717, 1.165) is 3.70 Å². The lowest BCUT2D eigenvalue weighted by molar-refractivity contribution is -0.118. The Morgan fingerprint density at radius 2 is 2.00 bits per heavy atom. The number of nitrogens with zero attached hydrogens (tertiary/aromatic N) is 1. The van der Waals surface area contributed by atoms with E-state index in [4.69, 9.17) is 16.3 Å². The number of anilines is 1. The highest BCUT2D eigenvalue weighted by molar-refractivity contribution is 14.1. The molecular formula is C13H10ClIN2O2. The minimum atomic E-state index is -0.238. The average Bonchev–Trinajstić information content (AvgIpc) is 2.41. The smallest absolute Gasteiger partial charge is 0.262 e. The average molecular weight is 389 g/mol. The van der Waals surface area contributed by atoms with Gasteiger partial charge in [-0.2, -0.15) is 0 Å². The molecule has 98 valence electrons. The molecule has 0 saturated carbocycles. The molecule has 19 heavy (non-hydrogen) atoms. The second-order valence-electron chi connectivity index (χ2n) is 3.66. The lowest BCUT2D eigenvalue weighted by atomic mass is 10.3. The zero-order chi connectivity index (χ0) is 13.7. The Balaban J connectivity index is 1.84. The molecule has 0 bridgehead atoms. The number of nitrogens with one attached hydrogen (secondary N) is 1. The van der Waals surface area contributed by atoms with Crippen LogP contribution in [0.15, 0.2) is 42.6 Å². The summed E-state index contributed by atoms with van der Waals surface area (Å²) in [5, 5.41) is 3.32. The van der Waals surface area contributed by atoms with Gasteiger partial charge in [0, 0.05) is 5.02 Å². The molecule has 0 aliphatic rings. The Morgan fingerprint density at radius 3 is 2.63 bits per heavy atom. The topological polar surface area (TPSA) is 51.2 Å². The van der Waals surface area contributed by atoms with Crippen molar-refractivity contribution in [3.8, 4) is 5.75 Å². The number of halogens is 2. The SMILES string of the molecule is O=C(COc1ccc(Cl)cc1)Nc1ccc(I)nc1. The van der Waals surface area contributed by atoms with Gasteiger partial charge >= 0.3 is 0 Å². The highest BCUT2D eigenvalue weighted by Crippen LogP contribution is 2.15. The molecule has 6 heteroatoms. The normalized spacial score (nSPS) is 10.0. The van der Waals surface area contributed by atoms with Crippen molar-refractivity contribution < 1.29 is 9.53 Å². The molecule has 0 radical (unpaired) electrons. The van der Waals surface area contributed by atoms with Crippen LogP contribution in [0, 0.1) is 3.70 Å². The highest BCUT2D eigenvalue weighted by atomic mass is 127. The largest absolute Gasteiger partial charge is 0.484 e. The summed E-state index contributed by atoms with van der Waals surface area (Å²) >= 11 is 7.85. The van der Waals surface area contributed by atoms with Gasteiger partial charge in [0.15, 0.2) is 6.61 Å². The minimum absolute atomic E-state index is 0.0619. The Hall–Kier alpha value is -1.34. The first kappa shape index (κ1) is 14.1. The molecule has 4 nitrogen and oxygen atoms in total. The number of hydrogen-bond acceptors (Lipinski definition) is 3. The van der Waals surface area contributed by atoms with Crippen LogP contribution in [0.2, 0.25) is 5.02 Å². The maximum Gasteiger partial charge on any atom is 0.262 e. The van der Waals surface area contributed by atoms with Crippen molar-refractivity contribution in [3.05, 3.63) is 51.3 Å². The minimum Gasteiger partial charge on any atom is -0.484 e. The van der Waals surface area contributed by atoms with Gasteiger partial charge in [-0.05, 0) is 59.0 Å². The quantitative estimate of drug-likeness (QED) is 0.645. The van der Waals surface area contributed by atoms with Crippen molar-refractivity contribution in [3.63, 3.8) is 0 Å². The fourth-order valence-corrected chi connectivity index (χ4v) is 1.77. The number of carbonyl (C=O) groups is 1. The zero-order valence-corrected chi connectivity index (χ0v) is 12.7. The van der Waals surface area contributed by atoms with Crippen LogP contribution in [0.4, 0.5) is 5.69 Å². The molecule has 0 aliphatic heterocycles. The monoisotopic (exact) mass is 388 g/mol. The number of carbonyl (C=O) groups excluding carboxylic acids is 1. The number of hydrogen-bond donors (Lipinski definition) is 1. The van der Waals surface area contributed by atoms with Crippen molar-refractivity contribution >= 4 is 45.8 Å². The predicted octanol–water partition coefficient (Wildman–Crippen LogP) is 3.36. The number of amides is 1. The Labute approximate surface area is 129 Å². The van der Waals surface area contributed by atoms with Crippen molar-refractivity contribution in [2.75, 3.05) is 11.9 Å². The second kappa shape index (κ2) is 6.72. The molecule has 1 N–H and O–H groups in total. The molecule has 2 rings (SSSR count). The van der Waals surface area contributed by atoms with Gasteiger partial charge in [0.05, 0.1) is 11.9 Å². The third kappa shape index (κ3) is 4.68. The Morgan fingerprint density at radius 1 is 1.26 bits per heavy atom. The molecule has 2 aromatic rings. The van der Waals surface area contributed by atoms with Crippen molar-refractivity contribution in [2.45, 2.75) is 0 Å². The first-order chi connectivity index (χ1) is 9.13. The van der Waals surface area contributed by atoms with Crippen LogP contribution in [-0.2, 0) is 4.79 Å². The lowest BCUT2D eigenvalue weighted by Gasteiger charge is -2.07. The van der Waals surface area contributed by atoms with Gasteiger partial charge in [0.1, 0.15) is 9.45 Å². The third-order valence-electron chi connectivity index (χ3n) is 2.19. The molecule has 0 fully saturated rings. The van der Waals surface area contributed by atoms with Crippen LogP contribution in [0.25, 0.3) is 0 Å². The number of aromatic nitrogens is 1. The molecule has 1 aromatic heterocycles. The summed E-state index contributed by atoms with van der Waals surface area (Å²) < 4.78 is 6.19. The van der Waals surface area contributed by atoms with Crippen LogP contribution in [0.1, 0.15) is 0 Å². The van der Waals surface area contributed by atoms with E-state index >= 15 is 0 Å². The first-order valence-electron chi connectivity index (χ1n) is 5.43. The number of benzene rings is 1. The molecule has 0 atom stereocenters. The van der Waals surface area contributed by atoms with Crippen LogP contribution in [0.3, 0.4) is 0 Å². The van der Waals surface area contributed by atoms with Crippen molar-refractivity contribution in [2.24, 2.45) is 0 Å². The first-order valence-corrected chi connectivity index (χ1v) is 6.89. The van der Waals surface area contributed by atoms with E-state index in [1.165, 1.54) is 0 Å². The molecular weight excluding hydrogens is 379 g/mol. The fraction of sp³-hybridized carbons (Fsp3) is 0.0769. The summed E-state index contributed by atoms with van der Waals surface area (Å²) in [5.41, 5.74) is 0.644. The maximum atomic E-state index is 11.6. The van der Waals surface area contributed by atoms with Gasteiger partial charge in [0.2, 0.25) is 0 Å². The maximum absolute atomic E-state index is 11.6. The van der Waals surface area contributed by atoms with E-state index in [0.29, 0.717) is 16.5 Å². The standard InChI is InChI=1S/C13H10ClIN2O2/c14-9-1-4-11(5-2-9)19-8-13(18)17-10-3-6-12(15)16-7-10/h1-7H,8H2,(H,17,18). The van der Waals surface area contributed by atoms with Crippen LogP contribution < -0.4 is 10.1 Å². The van der Waals surface area contributed by atoms with E-state index in [2.05, 4.69) is 32.9 Å². The van der Waals surface area contributed by atoms with E-state index in [9.17, 15) is 4.79 Å². The van der Waals surface area contributed by atoms with Crippen LogP contribution in [-0.4, -0.2) is 17.5 Å². The van der Waals surface area contributed by atoms with Crippen molar-refractivity contribution in [1.29, 1.82) is 0 Å². The number of rotatable bonds is 4. The zero-order valence-electron chi connectivity index (χ0n) is 9.77. The Kier molecular flexibility index (Phi) is 4.98. The number of ether oxygens (including phenoxy) is 1. The predicted molar refractivity (Wildman–Crippen MR) is 82.5 cm³/mol. The van der Waals surface area contributed by atoms with Crippen LogP contribution in [0.5, 0.6) is 5.75 Å². The lowest BCUT2D eigenvalue weighted by Crippen LogP contribution is -2.20. The molecule has 1 amide bonds. The van der Waals surface area contributed by atoms with E-state index in [-0.39, 0.29) is 12.5 Å². The van der Waals surface area contributed by atoms with Crippen LogP contribution >= 0.6 is 34.2 Å². The highest BCUT2D eigenvalue weighted by Gasteiger charge is 2.04. The van der Waals surface area contributed by atoms with Gasteiger partial charge < -0.3 is 10.1 Å². The molecule has 1 heterocycles. The summed E-state index contributed by atoms with van der Waals surface area (Å²) in [6.07, 6.45) is 1.60. The molecule has 0 unspecified atom stereocenters. The van der Waals surface area contributed by atoms with Gasteiger partial charge in [-0.25, -0.2) is 4.98 Å². The molecule has 0 aliphatic carbocycles. The summed E-state index contributed by atoms with van der Waals surface area (Å²) in [6.45, 7) is -0.0619. The van der Waals surface area contributed by atoms with Gasteiger partial charge in [-0.15, -0.1) is 0 Å². The third-order valence-corrected chi connectivity index (χ3v) is 3.08. The summed E-state index contributed by atoms with van der Waals surface area (Å²) in [5.74, 6) is 0.359. The van der Waals surface area contributed by atoms with Crippen molar-refractivity contribution in [1.82, 2.24) is 4.98 Å². The fourth-order valence-electron chi connectivity index (χ4n) is 1.33. The molecule has 0 spiro atoms. The van der Waals surface area contributed by atoms with E-state index < -0.39 is 0 Å². The van der Waals surface area contributed by atoms with Gasteiger partial charge in [-0.3, -0.25) is 4.79 Å². The van der Waals surface area contributed by atoms with E-state index in [1.54, 1.807) is 36.5 Å².